The van der Waals surface area contributed by atoms with E-state index in [0.717, 1.165) is 29.7 Å². The highest BCUT2D eigenvalue weighted by Gasteiger charge is 2.27. The summed E-state index contributed by atoms with van der Waals surface area (Å²) in [7, 11) is 1.69. The van der Waals surface area contributed by atoms with E-state index in [1.807, 2.05) is 6.92 Å². The van der Waals surface area contributed by atoms with Gasteiger partial charge in [-0.05, 0) is 54.9 Å². The van der Waals surface area contributed by atoms with Gasteiger partial charge in [0.1, 0.15) is 5.75 Å². The number of aliphatic hydroxyl groups is 1. The highest BCUT2D eigenvalue weighted by molar-refractivity contribution is 5.52. The highest BCUT2D eigenvalue weighted by atomic mass is 16.5. The lowest BCUT2D eigenvalue weighted by atomic mass is 9.79. The number of aliphatic hydroxyl groups excluding tert-OH is 1. The molecule has 2 heteroatoms. The van der Waals surface area contributed by atoms with Crippen molar-refractivity contribution in [1.82, 2.24) is 0 Å². The summed E-state index contributed by atoms with van der Waals surface area (Å²) >= 11 is 0. The Bertz CT molecular complexity index is 410. The molecular formula is C14H20O2. The van der Waals surface area contributed by atoms with Crippen molar-refractivity contribution in [3.8, 4) is 5.75 Å². The minimum Gasteiger partial charge on any atom is -0.496 e. The lowest BCUT2D eigenvalue weighted by Crippen LogP contribution is -2.15. The summed E-state index contributed by atoms with van der Waals surface area (Å²) in [5, 5.41) is 10.1. The number of hydrogen-bond donors (Lipinski definition) is 1. The van der Waals surface area contributed by atoms with Gasteiger partial charge in [-0.2, -0.15) is 0 Å². The van der Waals surface area contributed by atoms with Gasteiger partial charge in [0.25, 0.3) is 0 Å². The van der Waals surface area contributed by atoms with E-state index in [-0.39, 0.29) is 6.10 Å². The van der Waals surface area contributed by atoms with E-state index in [0.29, 0.717) is 5.92 Å². The third-order valence-corrected chi connectivity index (χ3v) is 3.73. The van der Waals surface area contributed by atoms with Crippen LogP contribution in [0.15, 0.2) is 6.07 Å². The van der Waals surface area contributed by atoms with Gasteiger partial charge in [0.15, 0.2) is 0 Å². The molecule has 2 atom stereocenters. The summed E-state index contributed by atoms with van der Waals surface area (Å²) < 4.78 is 5.41. The zero-order valence-electron chi connectivity index (χ0n) is 10.5. The minimum atomic E-state index is -0.319. The van der Waals surface area contributed by atoms with Crippen molar-refractivity contribution in [3.05, 3.63) is 28.3 Å². The van der Waals surface area contributed by atoms with Gasteiger partial charge in [-0.3, -0.25) is 0 Å². The first kappa shape index (κ1) is 11.5. The first-order chi connectivity index (χ1) is 7.56. The molecule has 0 heterocycles. The van der Waals surface area contributed by atoms with Crippen LogP contribution in [0.3, 0.4) is 0 Å². The molecule has 1 N–H and O–H groups in total. The van der Waals surface area contributed by atoms with Gasteiger partial charge in [-0.1, -0.05) is 13.0 Å². The van der Waals surface area contributed by atoms with Gasteiger partial charge in [0, 0.05) is 0 Å². The van der Waals surface area contributed by atoms with Crippen LogP contribution in [0.1, 0.15) is 54.0 Å². The second-order valence-electron chi connectivity index (χ2n) is 4.85. The maximum Gasteiger partial charge on any atom is 0.125 e. The lowest BCUT2D eigenvalue weighted by Gasteiger charge is -2.30. The maximum atomic E-state index is 10.1. The van der Waals surface area contributed by atoms with E-state index in [1.165, 1.54) is 11.1 Å². The molecule has 88 valence electrons. The number of benzene rings is 1. The fraction of sp³-hybridized carbons (Fsp3) is 0.571. The van der Waals surface area contributed by atoms with E-state index in [2.05, 4.69) is 19.9 Å². The van der Waals surface area contributed by atoms with Crippen molar-refractivity contribution in [2.24, 2.45) is 0 Å². The fourth-order valence-corrected chi connectivity index (χ4v) is 2.88. The molecule has 0 saturated carbocycles. The molecule has 0 bridgehead atoms. The van der Waals surface area contributed by atoms with Gasteiger partial charge in [-0.15, -0.1) is 0 Å². The van der Waals surface area contributed by atoms with Crippen LogP contribution in [0.25, 0.3) is 0 Å². The van der Waals surface area contributed by atoms with Gasteiger partial charge in [0.05, 0.1) is 13.2 Å². The molecule has 2 rings (SSSR count). The summed E-state index contributed by atoms with van der Waals surface area (Å²) in [5.41, 5.74) is 4.67. The molecule has 1 aliphatic carbocycles. The molecule has 2 nitrogen and oxygen atoms in total. The third kappa shape index (κ3) is 1.61. The Morgan fingerprint density at radius 3 is 2.62 bits per heavy atom. The summed E-state index contributed by atoms with van der Waals surface area (Å²) in [6.07, 6.45) is 1.61. The molecule has 0 radical (unpaired) electrons. The van der Waals surface area contributed by atoms with Crippen molar-refractivity contribution in [3.63, 3.8) is 0 Å². The van der Waals surface area contributed by atoms with Crippen LogP contribution >= 0.6 is 0 Å². The first-order valence-corrected chi connectivity index (χ1v) is 5.92. The Morgan fingerprint density at radius 1 is 1.31 bits per heavy atom. The van der Waals surface area contributed by atoms with Crippen LogP contribution in [0.2, 0.25) is 0 Å². The second kappa shape index (κ2) is 4.10. The van der Waals surface area contributed by atoms with Gasteiger partial charge in [-0.25, -0.2) is 0 Å². The van der Waals surface area contributed by atoms with Crippen molar-refractivity contribution in [2.75, 3.05) is 7.11 Å². The summed E-state index contributed by atoms with van der Waals surface area (Å²) in [5.74, 6) is 1.47. The van der Waals surface area contributed by atoms with Crippen LogP contribution in [-0.4, -0.2) is 12.2 Å². The number of aryl methyl sites for hydroxylation is 1. The number of rotatable bonds is 1. The predicted octanol–water partition coefficient (Wildman–Crippen LogP) is 3.24. The largest absolute Gasteiger partial charge is 0.496 e. The topological polar surface area (TPSA) is 29.5 Å². The standard InChI is InChI=1S/C14H20O2/c1-8-5-6-12(15)13-10(3)14(16-4)9(2)7-11(8)13/h7-8,12,15H,5-6H2,1-4H3. The Labute approximate surface area is 97.3 Å². The molecule has 16 heavy (non-hydrogen) atoms. The number of fused-ring (bicyclic) bond motifs is 1. The monoisotopic (exact) mass is 220 g/mol. The minimum absolute atomic E-state index is 0.319. The molecule has 1 aromatic rings. The van der Waals surface area contributed by atoms with Crippen molar-refractivity contribution in [2.45, 2.75) is 45.6 Å². The normalized spacial score (nSPS) is 24.1. The van der Waals surface area contributed by atoms with Crippen molar-refractivity contribution < 1.29 is 9.84 Å². The molecule has 1 aromatic carbocycles. The molecule has 0 spiro atoms. The molecule has 0 saturated heterocycles. The summed E-state index contributed by atoms with van der Waals surface area (Å²) in [6.45, 7) is 6.35. The van der Waals surface area contributed by atoms with E-state index in [4.69, 9.17) is 4.74 Å². The first-order valence-electron chi connectivity index (χ1n) is 5.92. The molecule has 1 aliphatic rings. The lowest BCUT2D eigenvalue weighted by molar-refractivity contribution is 0.150. The summed E-state index contributed by atoms with van der Waals surface area (Å²) in [6, 6.07) is 2.17. The predicted molar refractivity (Wildman–Crippen MR) is 65.1 cm³/mol. The Kier molecular flexibility index (Phi) is 2.94. The van der Waals surface area contributed by atoms with Crippen molar-refractivity contribution >= 4 is 0 Å². The smallest absolute Gasteiger partial charge is 0.125 e. The maximum absolute atomic E-state index is 10.1. The Hall–Kier alpha value is -1.02. The molecular weight excluding hydrogens is 200 g/mol. The van der Waals surface area contributed by atoms with E-state index < -0.39 is 0 Å². The average molecular weight is 220 g/mol. The van der Waals surface area contributed by atoms with E-state index in [1.54, 1.807) is 7.11 Å². The molecule has 2 unspecified atom stereocenters. The number of methoxy groups -OCH3 is 1. The molecule has 0 aromatic heterocycles. The van der Waals surface area contributed by atoms with E-state index in [9.17, 15) is 5.11 Å². The zero-order chi connectivity index (χ0) is 11.9. The molecule has 0 amide bonds. The number of ether oxygens (including phenoxy) is 1. The third-order valence-electron chi connectivity index (χ3n) is 3.73. The quantitative estimate of drug-likeness (QED) is 0.787. The van der Waals surface area contributed by atoms with Crippen LogP contribution in [0.4, 0.5) is 0 Å². The Balaban J connectivity index is 2.66. The van der Waals surface area contributed by atoms with Crippen LogP contribution in [0, 0.1) is 13.8 Å². The second-order valence-corrected chi connectivity index (χ2v) is 4.85. The van der Waals surface area contributed by atoms with Crippen LogP contribution in [0.5, 0.6) is 5.75 Å². The van der Waals surface area contributed by atoms with Gasteiger partial charge in [0.2, 0.25) is 0 Å². The zero-order valence-corrected chi connectivity index (χ0v) is 10.5. The fourth-order valence-electron chi connectivity index (χ4n) is 2.88. The van der Waals surface area contributed by atoms with Crippen molar-refractivity contribution in [1.29, 1.82) is 0 Å². The highest BCUT2D eigenvalue weighted by Crippen LogP contribution is 2.42. The van der Waals surface area contributed by atoms with Gasteiger partial charge >= 0.3 is 0 Å². The SMILES string of the molecule is COc1c(C)cc2c(c1C)C(O)CCC2C. The van der Waals surface area contributed by atoms with E-state index >= 15 is 0 Å². The average Bonchev–Trinajstić information content (AvgIpc) is 2.24. The number of hydrogen-bond acceptors (Lipinski definition) is 2. The van der Waals surface area contributed by atoms with Crippen LogP contribution < -0.4 is 4.74 Å². The molecule has 0 fully saturated rings. The van der Waals surface area contributed by atoms with Crippen LogP contribution in [-0.2, 0) is 0 Å². The van der Waals surface area contributed by atoms with Gasteiger partial charge < -0.3 is 9.84 Å². The Morgan fingerprint density at radius 2 is 2.00 bits per heavy atom. The molecule has 0 aliphatic heterocycles. The summed E-state index contributed by atoms with van der Waals surface area (Å²) in [4.78, 5) is 0.